The van der Waals surface area contributed by atoms with Crippen LogP contribution in [-0.2, 0) is 4.79 Å². The number of piperidine rings is 1. The van der Waals surface area contributed by atoms with Crippen molar-refractivity contribution in [1.29, 1.82) is 0 Å². The Kier molecular flexibility index (Phi) is 5.42. The molecule has 1 fully saturated rings. The van der Waals surface area contributed by atoms with Crippen LogP contribution in [0.3, 0.4) is 0 Å². The van der Waals surface area contributed by atoms with Crippen molar-refractivity contribution in [3.63, 3.8) is 0 Å². The van der Waals surface area contributed by atoms with E-state index in [1.54, 1.807) is 0 Å². The monoisotopic (exact) mass is 293 g/mol. The molecule has 21 heavy (non-hydrogen) atoms. The molecule has 0 saturated carbocycles. The first-order valence-electron chi connectivity index (χ1n) is 7.81. The number of furan rings is 1. The maximum atomic E-state index is 12.1. The first-order chi connectivity index (χ1) is 10.0. The molecule has 1 aromatic heterocycles. The Labute approximate surface area is 126 Å². The smallest absolute Gasteiger partial charge is 0.224 e. The van der Waals surface area contributed by atoms with E-state index in [2.05, 4.69) is 23.2 Å². The molecule has 2 unspecified atom stereocenters. The number of nitrogens with zero attached hydrogens (tertiary/aromatic N) is 1. The zero-order valence-corrected chi connectivity index (χ0v) is 13.3. The number of aryl methyl sites for hydroxylation is 2. The van der Waals surface area contributed by atoms with Gasteiger partial charge >= 0.3 is 0 Å². The van der Waals surface area contributed by atoms with Crippen molar-refractivity contribution in [2.45, 2.75) is 39.7 Å². The van der Waals surface area contributed by atoms with E-state index in [9.17, 15) is 4.79 Å². The van der Waals surface area contributed by atoms with Gasteiger partial charge in [0.2, 0.25) is 5.91 Å². The van der Waals surface area contributed by atoms with Crippen LogP contribution in [0.5, 0.6) is 0 Å². The third kappa shape index (κ3) is 3.86. The number of nitrogens with two attached hydrogens (primary N) is 1. The normalized spacial score (nSPS) is 21.2. The second-order valence-corrected chi connectivity index (χ2v) is 5.96. The molecule has 1 amide bonds. The van der Waals surface area contributed by atoms with Crippen LogP contribution in [-0.4, -0.2) is 37.0 Å². The summed E-state index contributed by atoms with van der Waals surface area (Å²) < 4.78 is 5.63. The van der Waals surface area contributed by atoms with Gasteiger partial charge in [0.1, 0.15) is 11.5 Å². The van der Waals surface area contributed by atoms with E-state index >= 15 is 0 Å². The van der Waals surface area contributed by atoms with Crippen molar-refractivity contribution < 1.29 is 9.21 Å². The van der Waals surface area contributed by atoms with Crippen molar-refractivity contribution >= 4 is 5.91 Å². The molecule has 0 radical (unpaired) electrons. The number of hydrogen-bond donors (Lipinski definition) is 2. The average molecular weight is 293 g/mol. The van der Waals surface area contributed by atoms with E-state index in [1.807, 2.05) is 13.8 Å². The Hall–Kier alpha value is -1.33. The molecule has 2 atom stereocenters. The number of rotatable bonds is 5. The molecular formula is C16H27N3O2. The Morgan fingerprint density at radius 3 is 2.95 bits per heavy atom. The Balaban J connectivity index is 2.00. The van der Waals surface area contributed by atoms with Crippen molar-refractivity contribution in [2.75, 3.05) is 26.2 Å². The topological polar surface area (TPSA) is 71.5 Å². The number of hydrogen-bond acceptors (Lipinski definition) is 4. The molecule has 1 aliphatic rings. The van der Waals surface area contributed by atoms with Crippen molar-refractivity contribution in [2.24, 2.45) is 11.7 Å². The standard InChI is InChI=1S/C16H27N3O2/c1-11-9-15(13(3)21-11)12(2)19-8-4-5-14(10-19)16(20)18-7-6-17/h9,12,14H,4-8,10,17H2,1-3H3,(H,18,20). The lowest BCUT2D eigenvalue weighted by molar-refractivity contribution is -0.126. The maximum Gasteiger partial charge on any atom is 0.224 e. The van der Waals surface area contributed by atoms with Gasteiger partial charge in [-0.25, -0.2) is 0 Å². The highest BCUT2D eigenvalue weighted by molar-refractivity contribution is 5.78. The van der Waals surface area contributed by atoms with Crippen LogP contribution in [0, 0.1) is 19.8 Å². The van der Waals surface area contributed by atoms with Gasteiger partial charge in [-0.05, 0) is 46.2 Å². The van der Waals surface area contributed by atoms with Gasteiger partial charge in [-0.15, -0.1) is 0 Å². The maximum absolute atomic E-state index is 12.1. The quantitative estimate of drug-likeness (QED) is 0.867. The van der Waals surface area contributed by atoms with E-state index < -0.39 is 0 Å². The second-order valence-electron chi connectivity index (χ2n) is 5.96. The molecule has 0 aliphatic carbocycles. The van der Waals surface area contributed by atoms with Gasteiger partial charge in [0.05, 0.1) is 5.92 Å². The summed E-state index contributed by atoms with van der Waals surface area (Å²) in [4.78, 5) is 14.5. The van der Waals surface area contributed by atoms with Gasteiger partial charge in [0, 0.05) is 31.2 Å². The van der Waals surface area contributed by atoms with Crippen molar-refractivity contribution in [3.05, 3.63) is 23.2 Å². The molecule has 5 heteroatoms. The van der Waals surface area contributed by atoms with Crippen LogP contribution in [0.4, 0.5) is 0 Å². The molecule has 118 valence electrons. The van der Waals surface area contributed by atoms with E-state index in [-0.39, 0.29) is 17.9 Å². The van der Waals surface area contributed by atoms with Crippen LogP contribution in [0.1, 0.15) is 42.9 Å². The van der Waals surface area contributed by atoms with E-state index in [1.165, 1.54) is 5.56 Å². The number of nitrogens with one attached hydrogen (secondary N) is 1. The summed E-state index contributed by atoms with van der Waals surface area (Å²) in [6.45, 7) is 9.07. The second kappa shape index (κ2) is 7.09. The highest BCUT2D eigenvalue weighted by Gasteiger charge is 2.29. The lowest BCUT2D eigenvalue weighted by atomic mass is 9.94. The van der Waals surface area contributed by atoms with Gasteiger partial charge in [-0.3, -0.25) is 9.69 Å². The van der Waals surface area contributed by atoms with Crippen LogP contribution < -0.4 is 11.1 Å². The van der Waals surface area contributed by atoms with Crippen LogP contribution in [0.2, 0.25) is 0 Å². The molecule has 2 heterocycles. The highest BCUT2D eigenvalue weighted by Crippen LogP contribution is 2.30. The Bertz CT molecular complexity index is 484. The summed E-state index contributed by atoms with van der Waals surface area (Å²) in [5.41, 5.74) is 6.67. The summed E-state index contributed by atoms with van der Waals surface area (Å²) in [7, 11) is 0. The minimum atomic E-state index is 0.0704. The molecule has 1 saturated heterocycles. The van der Waals surface area contributed by atoms with Crippen LogP contribution in [0.25, 0.3) is 0 Å². The summed E-state index contributed by atoms with van der Waals surface area (Å²) in [6, 6.07) is 2.39. The van der Waals surface area contributed by atoms with Gasteiger partial charge in [-0.2, -0.15) is 0 Å². The van der Waals surface area contributed by atoms with Gasteiger partial charge < -0.3 is 15.5 Å². The molecular weight excluding hydrogens is 266 g/mol. The fourth-order valence-electron chi connectivity index (χ4n) is 3.17. The number of amides is 1. The number of carbonyl (C=O) groups is 1. The molecule has 0 bridgehead atoms. The molecule has 1 aromatic rings. The third-order valence-corrected chi connectivity index (χ3v) is 4.34. The van der Waals surface area contributed by atoms with E-state index in [0.29, 0.717) is 13.1 Å². The molecule has 2 rings (SSSR count). The number of likely N-dealkylation sites (tertiary alicyclic amines) is 1. The molecule has 1 aliphatic heterocycles. The van der Waals surface area contributed by atoms with Gasteiger partial charge in [0.15, 0.2) is 0 Å². The zero-order valence-electron chi connectivity index (χ0n) is 13.3. The first-order valence-corrected chi connectivity index (χ1v) is 7.81. The SMILES string of the molecule is Cc1cc(C(C)N2CCCC(C(=O)NCCN)C2)c(C)o1. The van der Waals surface area contributed by atoms with Crippen LogP contribution >= 0.6 is 0 Å². The molecule has 5 nitrogen and oxygen atoms in total. The van der Waals surface area contributed by atoms with Crippen molar-refractivity contribution in [3.8, 4) is 0 Å². The molecule has 3 N–H and O–H groups in total. The number of carbonyl (C=O) groups excluding carboxylic acids is 1. The third-order valence-electron chi connectivity index (χ3n) is 4.34. The minimum Gasteiger partial charge on any atom is -0.466 e. The largest absolute Gasteiger partial charge is 0.466 e. The molecule has 0 spiro atoms. The lowest BCUT2D eigenvalue weighted by Gasteiger charge is -2.36. The average Bonchev–Trinajstić information content (AvgIpc) is 2.82. The van der Waals surface area contributed by atoms with Crippen LogP contribution in [0.15, 0.2) is 10.5 Å². The summed E-state index contributed by atoms with van der Waals surface area (Å²) >= 11 is 0. The fraction of sp³-hybridized carbons (Fsp3) is 0.688. The van der Waals surface area contributed by atoms with E-state index in [4.69, 9.17) is 10.2 Å². The summed E-state index contributed by atoms with van der Waals surface area (Å²) in [5, 5.41) is 2.91. The minimum absolute atomic E-state index is 0.0704. The fourth-order valence-corrected chi connectivity index (χ4v) is 3.17. The summed E-state index contributed by atoms with van der Waals surface area (Å²) in [5.74, 6) is 2.14. The predicted octanol–water partition coefficient (Wildman–Crippen LogP) is 1.74. The highest BCUT2D eigenvalue weighted by atomic mass is 16.3. The van der Waals surface area contributed by atoms with Gasteiger partial charge in [-0.1, -0.05) is 0 Å². The Morgan fingerprint density at radius 2 is 2.33 bits per heavy atom. The van der Waals surface area contributed by atoms with Gasteiger partial charge in [0.25, 0.3) is 0 Å². The molecule has 0 aromatic carbocycles. The predicted molar refractivity (Wildman–Crippen MR) is 83.0 cm³/mol. The van der Waals surface area contributed by atoms with E-state index in [0.717, 1.165) is 37.5 Å². The van der Waals surface area contributed by atoms with Crippen molar-refractivity contribution in [1.82, 2.24) is 10.2 Å². The summed E-state index contributed by atoms with van der Waals surface area (Å²) in [6.07, 6.45) is 2.02. The zero-order chi connectivity index (χ0) is 15.4. The first kappa shape index (κ1) is 16.0. The lowest BCUT2D eigenvalue weighted by Crippen LogP contribution is -2.44. The Morgan fingerprint density at radius 1 is 1.57 bits per heavy atom.